The minimum absolute atomic E-state index is 0. The molecular formula is C32H24Na2O8P2S2. The molecule has 8 nitrogen and oxygen atoms in total. The molecule has 0 aliphatic rings. The maximum atomic E-state index is 11.1. The molecule has 0 saturated carbocycles. The SMILES string of the molecule is O=S(=O)([O-])c1ccc(P(c2ccccc2)c2ccccc2)o1.O=S(=O)([O-])c1ccc(P(c2ccccc2)c2ccccc2)o1.[Na+].[Na+]. The molecule has 0 aliphatic heterocycles. The fourth-order valence-electron chi connectivity index (χ4n) is 4.25. The molecule has 0 aliphatic carbocycles. The van der Waals surface area contributed by atoms with Gasteiger partial charge in [0.1, 0.15) is 11.0 Å². The molecule has 46 heavy (non-hydrogen) atoms. The second kappa shape index (κ2) is 17.5. The molecule has 224 valence electrons. The molecule has 4 aromatic carbocycles. The molecule has 0 fully saturated rings. The van der Waals surface area contributed by atoms with Crippen molar-refractivity contribution < 1.29 is 93.9 Å². The first-order chi connectivity index (χ1) is 21.1. The standard InChI is InChI=1S/2C16H13O4PS.2Na/c2*17-22(18,19)16-12-11-15(20-16)21(13-7-3-1-4-8-13)14-9-5-2-6-10-14;;/h2*1-12H,(H,17,18,19);;/q;;2*+1/p-2. The summed E-state index contributed by atoms with van der Waals surface area (Å²) in [6.45, 7) is 0. The second-order valence-electron chi connectivity index (χ2n) is 9.11. The molecule has 2 aromatic heterocycles. The van der Waals surface area contributed by atoms with Gasteiger partial charge >= 0.3 is 59.1 Å². The summed E-state index contributed by atoms with van der Waals surface area (Å²) in [4.78, 5) is 0. The van der Waals surface area contributed by atoms with E-state index in [1.807, 2.05) is 121 Å². The molecule has 0 atom stereocenters. The van der Waals surface area contributed by atoms with E-state index < -0.39 is 46.3 Å². The van der Waals surface area contributed by atoms with Gasteiger partial charge in [-0.15, -0.1) is 0 Å². The summed E-state index contributed by atoms with van der Waals surface area (Å²) >= 11 is 0. The summed E-state index contributed by atoms with van der Waals surface area (Å²) < 4.78 is 77.3. The molecule has 0 N–H and O–H groups in total. The van der Waals surface area contributed by atoms with E-state index in [1.54, 1.807) is 12.1 Å². The van der Waals surface area contributed by atoms with Crippen molar-refractivity contribution in [1.29, 1.82) is 0 Å². The summed E-state index contributed by atoms with van der Waals surface area (Å²) in [5, 5.41) is 3.00. The zero-order chi connectivity index (χ0) is 31.2. The molecule has 2 heterocycles. The van der Waals surface area contributed by atoms with Crippen molar-refractivity contribution in [2.24, 2.45) is 0 Å². The minimum Gasteiger partial charge on any atom is -0.742 e. The Hall–Kier alpha value is -1.88. The van der Waals surface area contributed by atoms with Gasteiger partial charge in [0.15, 0.2) is 20.2 Å². The molecule has 6 aromatic rings. The summed E-state index contributed by atoms with van der Waals surface area (Å²) in [6.07, 6.45) is 0. The van der Waals surface area contributed by atoms with Gasteiger partial charge in [-0.3, -0.25) is 0 Å². The number of hydrogen-bond acceptors (Lipinski definition) is 8. The van der Waals surface area contributed by atoms with Crippen molar-refractivity contribution in [1.82, 2.24) is 0 Å². The number of rotatable bonds is 8. The predicted molar refractivity (Wildman–Crippen MR) is 171 cm³/mol. The van der Waals surface area contributed by atoms with Crippen LogP contribution in [0, 0.1) is 0 Å². The Morgan fingerprint density at radius 2 is 0.630 bits per heavy atom. The Bertz CT molecular complexity index is 1800. The first-order valence-corrected chi connectivity index (χ1v) is 18.5. The summed E-state index contributed by atoms with van der Waals surface area (Å²) in [6, 6.07) is 44.3. The van der Waals surface area contributed by atoms with Crippen LogP contribution in [0.1, 0.15) is 0 Å². The van der Waals surface area contributed by atoms with Crippen LogP contribution in [0.15, 0.2) is 165 Å². The van der Waals surface area contributed by atoms with Crippen molar-refractivity contribution in [3.63, 3.8) is 0 Å². The topological polar surface area (TPSA) is 141 Å². The third-order valence-corrected chi connectivity index (χ3v) is 12.2. The van der Waals surface area contributed by atoms with Crippen molar-refractivity contribution in [3.8, 4) is 0 Å². The summed E-state index contributed by atoms with van der Waals surface area (Å²) in [7, 11) is -11.3. The van der Waals surface area contributed by atoms with Crippen LogP contribution < -0.4 is 91.3 Å². The summed E-state index contributed by atoms with van der Waals surface area (Å²) in [5.41, 5.74) is 0.976. The molecule has 0 bridgehead atoms. The van der Waals surface area contributed by atoms with E-state index in [2.05, 4.69) is 0 Å². The molecule has 6 rings (SSSR count). The van der Waals surface area contributed by atoms with Gasteiger partial charge in [-0.2, -0.15) is 0 Å². The van der Waals surface area contributed by atoms with Gasteiger partial charge in [0, 0.05) is 15.8 Å². The quantitative estimate of drug-likeness (QED) is 0.0996. The Balaban J connectivity index is 0.000000240. The van der Waals surface area contributed by atoms with Gasteiger partial charge in [0.2, 0.25) is 10.2 Å². The monoisotopic (exact) mass is 708 g/mol. The zero-order valence-electron chi connectivity index (χ0n) is 24.8. The van der Waals surface area contributed by atoms with Crippen molar-refractivity contribution in [2.45, 2.75) is 10.2 Å². The van der Waals surface area contributed by atoms with Gasteiger partial charge in [-0.05, 0) is 45.5 Å². The predicted octanol–water partition coefficient (Wildman–Crippen LogP) is -2.11. The molecule has 0 unspecified atom stereocenters. The van der Waals surface area contributed by atoms with Gasteiger partial charge in [0.25, 0.3) is 0 Å². The average Bonchev–Trinajstić information content (AvgIpc) is 3.72. The van der Waals surface area contributed by atoms with E-state index in [-0.39, 0.29) is 59.1 Å². The Labute approximate surface area is 314 Å². The molecule has 0 saturated heterocycles. The Morgan fingerprint density at radius 1 is 0.391 bits per heavy atom. The minimum atomic E-state index is -4.59. The van der Waals surface area contributed by atoms with Gasteiger partial charge in [-0.25, -0.2) is 16.8 Å². The van der Waals surface area contributed by atoms with Gasteiger partial charge in [0.05, 0.1) is 0 Å². The largest absolute Gasteiger partial charge is 1.00 e. The van der Waals surface area contributed by atoms with Gasteiger partial charge < -0.3 is 17.9 Å². The van der Waals surface area contributed by atoms with Crippen LogP contribution >= 0.6 is 15.8 Å². The van der Waals surface area contributed by atoms with Crippen LogP contribution in [0.2, 0.25) is 0 Å². The van der Waals surface area contributed by atoms with Crippen LogP contribution in [0.5, 0.6) is 0 Å². The summed E-state index contributed by atoms with van der Waals surface area (Å²) in [5.74, 6) is 0. The van der Waals surface area contributed by atoms with Crippen LogP contribution in [-0.4, -0.2) is 25.9 Å². The average molecular weight is 709 g/mol. The van der Waals surface area contributed by atoms with Crippen LogP contribution in [-0.2, 0) is 20.2 Å². The van der Waals surface area contributed by atoms with Crippen LogP contribution in [0.4, 0.5) is 0 Å². The van der Waals surface area contributed by atoms with Crippen LogP contribution in [0.3, 0.4) is 0 Å². The van der Waals surface area contributed by atoms with E-state index in [9.17, 15) is 25.9 Å². The van der Waals surface area contributed by atoms with Crippen molar-refractivity contribution in [3.05, 3.63) is 146 Å². The molecular weight excluding hydrogens is 684 g/mol. The smallest absolute Gasteiger partial charge is 0.742 e. The first kappa shape index (κ1) is 38.6. The number of hydrogen-bond donors (Lipinski definition) is 0. The van der Waals surface area contributed by atoms with E-state index >= 15 is 0 Å². The van der Waals surface area contributed by atoms with Crippen LogP contribution in [0.25, 0.3) is 0 Å². The second-order valence-corrected chi connectivity index (χ2v) is 16.0. The van der Waals surface area contributed by atoms with E-state index in [0.29, 0.717) is 11.0 Å². The van der Waals surface area contributed by atoms with E-state index in [4.69, 9.17) is 8.83 Å². The maximum absolute atomic E-state index is 11.1. The zero-order valence-corrected chi connectivity index (χ0v) is 32.3. The van der Waals surface area contributed by atoms with Crippen molar-refractivity contribution >= 4 is 68.3 Å². The third-order valence-electron chi connectivity index (χ3n) is 6.13. The normalized spacial score (nSPS) is 11.2. The first-order valence-electron chi connectivity index (χ1n) is 13.0. The number of furan rings is 2. The Morgan fingerprint density at radius 3 is 0.826 bits per heavy atom. The third kappa shape index (κ3) is 10.1. The van der Waals surface area contributed by atoms with Crippen molar-refractivity contribution in [2.75, 3.05) is 0 Å². The molecule has 0 spiro atoms. The molecule has 0 radical (unpaired) electrons. The molecule has 0 amide bonds. The Kier molecular flexibility index (Phi) is 14.7. The fourth-order valence-corrected chi connectivity index (χ4v) is 9.54. The fraction of sp³-hybridized carbons (Fsp3) is 0. The van der Waals surface area contributed by atoms with Gasteiger partial charge in [-0.1, -0.05) is 121 Å². The van der Waals surface area contributed by atoms with E-state index in [1.165, 1.54) is 12.1 Å². The maximum Gasteiger partial charge on any atom is 1.00 e. The number of benzene rings is 4. The van der Waals surface area contributed by atoms with E-state index in [0.717, 1.165) is 21.2 Å². The molecule has 14 heteroatoms.